The van der Waals surface area contributed by atoms with Crippen molar-refractivity contribution < 1.29 is 9.53 Å². The second-order valence-corrected chi connectivity index (χ2v) is 5.70. The summed E-state index contributed by atoms with van der Waals surface area (Å²) in [6.45, 7) is 6.86. The van der Waals surface area contributed by atoms with Crippen LogP contribution < -0.4 is 15.8 Å². The van der Waals surface area contributed by atoms with Crippen molar-refractivity contribution in [2.24, 2.45) is 11.1 Å². The van der Waals surface area contributed by atoms with Crippen LogP contribution in [0.3, 0.4) is 0 Å². The molecule has 1 amide bonds. The minimum absolute atomic E-state index is 0.0124. The Morgan fingerprint density at radius 3 is 2.32 bits per heavy atom. The van der Waals surface area contributed by atoms with Crippen molar-refractivity contribution in [3.05, 3.63) is 29.8 Å². The molecule has 0 spiro atoms. The molecule has 0 saturated carbocycles. The molecule has 19 heavy (non-hydrogen) atoms. The van der Waals surface area contributed by atoms with E-state index in [1.165, 1.54) is 0 Å². The van der Waals surface area contributed by atoms with Gasteiger partial charge < -0.3 is 15.8 Å². The highest BCUT2D eigenvalue weighted by Gasteiger charge is 2.25. The topological polar surface area (TPSA) is 64.3 Å². The number of hydrogen-bond acceptors (Lipinski definition) is 3. The van der Waals surface area contributed by atoms with Crippen LogP contribution in [0.1, 0.15) is 37.6 Å². The van der Waals surface area contributed by atoms with E-state index in [4.69, 9.17) is 10.5 Å². The number of nitrogens with two attached hydrogens (primary N) is 1. The molecule has 0 radical (unpaired) electrons. The Kier molecular flexibility index (Phi) is 5.36. The zero-order valence-corrected chi connectivity index (χ0v) is 12.2. The lowest BCUT2D eigenvalue weighted by Crippen LogP contribution is -2.44. The fourth-order valence-corrected chi connectivity index (χ4v) is 1.87. The predicted molar refractivity (Wildman–Crippen MR) is 77.4 cm³/mol. The summed E-state index contributed by atoms with van der Waals surface area (Å²) in [5.74, 6) is 0.668. The third-order valence-corrected chi connectivity index (χ3v) is 3.16. The van der Waals surface area contributed by atoms with Gasteiger partial charge in [-0.1, -0.05) is 20.8 Å². The fraction of sp³-hybridized carbons (Fsp3) is 0.533. The van der Waals surface area contributed by atoms with Crippen LogP contribution in [0.15, 0.2) is 24.3 Å². The third kappa shape index (κ3) is 4.56. The number of amides is 1. The molecule has 0 aliphatic heterocycles. The Bertz CT molecular complexity index is 407. The quantitative estimate of drug-likeness (QED) is 0.857. The Balaban J connectivity index is 2.75. The van der Waals surface area contributed by atoms with E-state index in [2.05, 4.69) is 26.1 Å². The molecule has 1 aromatic rings. The number of methoxy groups -OCH3 is 1. The second kappa shape index (κ2) is 6.57. The molecule has 0 heterocycles. The molecule has 0 bridgehead atoms. The lowest BCUT2D eigenvalue weighted by Gasteiger charge is -2.31. The van der Waals surface area contributed by atoms with E-state index < -0.39 is 0 Å². The molecule has 0 aliphatic carbocycles. The van der Waals surface area contributed by atoms with E-state index >= 15 is 0 Å². The molecule has 3 N–H and O–H groups in total. The summed E-state index contributed by atoms with van der Waals surface area (Å²) < 4.78 is 5.07. The average Bonchev–Trinajstić information content (AvgIpc) is 2.37. The van der Waals surface area contributed by atoms with Crippen molar-refractivity contribution in [3.63, 3.8) is 0 Å². The molecule has 4 heteroatoms. The molecular formula is C15H24N2O2. The summed E-state index contributed by atoms with van der Waals surface area (Å²) >= 11 is 0. The average molecular weight is 264 g/mol. The van der Waals surface area contributed by atoms with Gasteiger partial charge in [-0.15, -0.1) is 0 Å². The van der Waals surface area contributed by atoms with Gasteiger partial charge in [-0.05, 0) is 42.6 Å². The van der Waals surface area contributed by atoms with E-state index in [9.17, 15) is 4.79 Å². The zero-order chi connectivity index (χ0) is 14.5. The van der Waals surface area contributed by atoms with Crippen molar-refractivity contribution in [1.82, 2.24) is 5.32 Å². The fourth-order valence-electron chi connectivity index (χ4n) is 1.87. The Hall–Kier alpha value is -1.55. The Morgan fingerprint density at radius 2 is 1.89 bits per heavy atom. The first-order chi connectivity index (χ1) is 8.88. The first-order valence-corrected chi connectivity index (χ1v) is 6.53. The monoisotopic (exact) mass is 264 g/mol. The molecule has 4 nitrogen and oxygen atoms in total. The zero-order valence-electron chi connectivity index (χ0n) is 12.2. The Morgan fingerprint density at radius 1 is 1.32 bits per heavy atom. The molecule has 0 aromatic heterocycles. The van der Waals surface area contributed by atoms with Crippen LogP contribution in [0.2, 0.25) is 0 Å². The van der Waals surface area contributed by atoms with Gasteiger partial charge in [-0.2, -0.15) is 0 Å². The molecule has 1 unspecified atom stereocenters. The van der Waals surface area contributed by atoms with Crippen LogP contribution in [-0.4, -0.2) is 25.6 Å². The molecule has 1 rings (SSSR count). The number of rotatable bonds is 5. The van der Waals surface area contributed by atoms with E-state index in [-0.39, 0.29) is 17.4 Å². The predicted octanol–water partition coefficient (Wildman–Crippen LogP) is 2.19. The highest BCUT2D eigenvalue weighted by Crippen LogP contribution is 2.22. The summed E-state index contributed by atoms with van der Waals surface area (Å²) in [4.78, 5) is 12.2. The maximum absolute atomic E-state index is 12.2. The van der Waals surface area contributed by atoms with Gasteiger partial charge in [0.25, 0.3) is 5.91 Å². The normalized spacial score (nSPS) is 12.9. The van der Waals surface area contributed by atoms with E-state index in [1.807, 2.05) is 0 Å². The lowest BCUT2D eigenvalue weighted by atomic mass is 9.84. The molecule has 0 fully saturated rings. The van der Waals surface area contributed by atoms with Gasteiger partial charge in [0, 0.05) is 11.6 Å². The van der Waals surface area contributed by atoms with Gasteiger partial charge in [-0.25, -0.2) is 0 Å². The van der Waals surface area contributed by atoms with Crippen LogP contribution >= 0.6 is 0 Å². The van der Waals surface area contributed by atoms with Crippen molar-refractivity contribution in [2.75, 3.05) is 13.7 Å². The van der Waals surface area contributed by atoms with Gasteiger partial charge >= 0.3 is 0 Å². The molecule has 1 aromatic carbocycles. The maximum atomic E-state index is 12.2. The number of carbonyl (C=O) groups excluding carboxylic acids is 1. The summed E-state index contributed by atoms with van der Waals surface area (Å²) in [6.07, 6.45) is 0.769. The minimum Gasteiger partial charge on any atom is -0.497 e. The standard InChI is InChI=1S/C15H24N2O2/c1-15(2,3)13(9-10-16)17-14(18)11-5-7-12(19-4)8-6-11/h5-8,13H,9-10,16H2,1-4H3,(H,17,18). The highest BCUT2D eigenvalue weighted by molar-refractivity contribution is 5.94. The third-order valence-electron chi connectivity index (χ3n) is 3.16. The van der Waals surface area contributed by atoms with Crippen molar-refractivity contribution in [1.29, 1.82) is 0 Å². The van der Waals surface area contributed by atoms with Crippen molar-refractivity contribution in [3.8, 4) is 5.75 Å². The summed E-state index contributed by atoms with van der Waals surface area (Å²) in [6, 6.07) is 7.15. The Labute approximate surface area is 115 Å². The van der Waals surface area contributed by atoms with E-state index in [0.29, 0.717) is 12.1 Å². The summed E-state index contributed by atoms with van der Waals surface area (Å²) in [7, 11) is 1.60. The van der Waals surface area contributed by atoms with Gasteiger partial charge in [0.05, 0.1) is 7.11 Å². The van der Waals surface area contributed by atoms with Crippen molar-refractivity contribution in [2.45, 2.75) is 33.2 Å². The van der Waals surface area contributed by atoms with Gasteiger partial charge in [0.2, 0.25) is 0 Å². The summed E-state index contributed by atoms with van der Waals surface area (Å²) in [5, 5.41) is 3.05. The van der Waals surface area contributed by atoms with E-state index in [0.717, 1.165) is 12.2 Å². The number of carbonyl (C=O) groups is 1. The number of ether oxygens (including phenoxy) is 1. The molecule has 0 saturated heterocycles. The molecule has 0 aliphatic rings. The van der Waals surface area contributed by atoms with Gasteiger partial charge in [-0.3, -0.25) is 4.79 Å². The first-order valence-electron chi connectivity index (χ1n) is 6.53. The van der Waals surface area contributed by atoms with E-state index in [1.54, 1.807) is 31.4 Å². The van der Waals surface area contributed by atoms with Crippen LogP contribution in [0.4, 0.5) is 0 Å². The van der Waals surface area contributed by atoms with Crippen LogP contribution in [-0.2, 0) is 0 Å². The molecular weight excluding hydrogens is 240 g/mol. The number of benzene rings is 1. The van der Waals surface area contributed by atoms with Crippen LogP contribution in [0.5, 0.6) is 5.75 Å². The van der Waals surface area contributed by atoms with Crippen LogP contribution in [0.25, 0.3) is 0 Å². The van der Waals surface area contributed by atoms with Gasteiger partial charge in [0.1, 0.15) is 5.75 Å². The minimum atomic E-state index is -0.0731. The van der Waals surface area contributed by atoms with Crippen molar-refractivity contribution >= 4 is 5.91 Å². The summed E-state index contributed by atoms with van der Waals surface area (Å²) in [5.41, 5.74) is 6.23. The number of hydrogen-bond donors (Lipinski definition) is 2. The van der Waals surface area contributed by atoms with Crippen LogP contribution in [0, 0.1) is 5.41 Å². The van der Waals surface area contributed by atoms with Gasteiger partial charge in [0.15, 0.2) is 0 Å². The smallest absolute Gasteiger partial charge is 0.251 e. The molecule has 106 valence electrons. The molecule has 1 atom stereocenters. The largest absolute Gasteiger partial charge is 0.497 e. The maximum Gasteiger partial charge on any atom is 0.251 e. The SMILES string of the molecule is COc1ccc(C(=O)NC(CCN)C(C)(C)C)cc1. The number of nitrogens with one attached hydrogen (secondary N) is 1. The lowest BCUT2D eigenvalue weighted by molar-refractivity contribution is 0.0899. The second-order valence-electron chi connectivity index (χ2n) is 5.70. The first kappa shape index (κ1) is 15.5. The highest BCUT2D eigenvalue weighted by atomic mass is 16.5.